The first-order valence-corrected chi connectivity index (χ1v) is 12.3. The second-order valence-electron chi connectivity index (χ2n) is 5.22. The Bertz CT molecular complexity index is 264. The van der Waals surface area contributed by atoms with E-state index in [4.69, 9.17) is 11.1 Å². The molecule has 0 atom stereocenters. The van der Waals surface area contributed by atoms with Crippen LogP contribution in [0, 0.1) is 0 Å². The van der Waals surface area contributed by atoms with Crippen LogP contribution in [0.2, 0.25) is 32.7 Å². The van der Waals surface area contributed by atoms with E-state index >= 15 is 0 Å². The molecule has 0 amide bonds. The predicted molar refractivity (Wildman–Crippen MR) is 67.5 cm³/mol. The first-order valence-electron chi connectivity index (χ1n) is 4.82. The van der Waals surface area contributed by atoms with Crippen molar-refractivity contribution >= 4 is 26.5 Å². The summed E-state index contributed by atoms with van der Waals surface area (Å²) in [4.78, 5) is 0. The van der Waals surface area contributed by atoms with E-state index in [-0.39, 0.29) is 0 Å². The Labute approximate surface area is 88.4 Å². The van der Waals surface area contributed by atoms with Crippen LogP contribution in [-0.4, -0.2) is 15.5 Å². The molecule has 3 heteroatoms. The predicted octanol–water partition coefficient (Wildman–Crippen LogP) is 4.10. The van der Waals surface area contributed by atoms with Crippen LogP contribution in [-0.2, 0) is 0 Å². The SMILES string of the molecule is C[Si](C)(C)C1=C([Si](C)(C)Cl)CC=C1. The highest BCUT2D eigenvalue weighted by Gasteiger charge is 2.32. The fourth-order valence-electron chi connectivity index (χ4n) is 1.77. The van der Waals surface area contributed by atoms with Crippen molar-refractivity contribution in [2.45, 2.75) is 39.2 Å². The van der Waals surface area contributed by atoms with E-state index in [9.17, 15) is 0 Å². The Morgan fingerprint density at radius 3 is 2.00 bits per heavy atom. The third-order valence-electron chi connectivity index (χ3n) is 2.46. The third-order valence-corrected chi connectivity index (χ3v) is 7.38. The summed E-state index contributed by atoms with van der Waals surface area (Å²) < 4.78 is 0. The van der Waals surface area contributed by atoms with Crippen molar-refractivity contribution in [3.8, 4) is 0 Å². The maximum absolute atomic E-state index is 6.50. The first-order chi connectivity index (χ1) is 5.73. The lowest BCUT2D eigenvalue weighted by Gasteiger charge is -2.24. The van der Waals surface area contributed by atoms with E-state index in [1.807, 2.05) is 0 Å². The lowest BCUT2D eigenvalue weighted by molar-refractivity contribution is 1.36. The van der Waals surface area contributed by atoms with Crippen molar-refractivity contribution in [2.75, 3.05) is 0 Å². The molecule has 74 valence electrons. The normalized spacial score (nSPS) is 18.6. The Hall–Kier alpha value is 0.204. The van der Waals surface area contributed by atoms with Gasteiger partial charge < -0.3 is 0 Å². The molecule has 0 saturated carbocycles. The lowest BCUT2D eigenvalue weighted by Crippen LogP contribution is -2.30. The van der Waals surface area contributed by atoms with Gasteiger partial charge >= 0.3 is 0 Å². The minimum atomic E-state index is -1.57. The summed E-state index contributed by atoms with van der Waals surface area (Å²) >= 11 is 6.50. The molecule has 1 aliphatic carbocycles. The number of rotatable bonds is 2. The number of hydrogen-bond acceptors (Lipinski definition) is 0. The van der Waals surface area contributed by atoms with Crippen LogP contribution in [0.25, 0.3) is 0 Å². The van der Waals surface area contributed by atoms with Gasteiger partial charge in [-0.1, -0.05) is 55.3 Å². The summed E-state index contributed by atoms with van der Waals surface area (Å²) in [7, 11) is -2.73. The molecule has 0 radical (unpaired) electrons. The van der Waals surface area contributed by atoms with Crippen LogP contribution in [0.4, 0.5) is 0 Å². The van der Waals surface area contributed by atoms with Crippen LogP contribution < -0.4 is 0 Å². The molecule has 0 saturated heterocycles. The summed E-state index contributed by atoms with van der Waals surface area (Å²) in [5, 5.41) is 3.19. The molecule has 0 bridgehead atoms. The molecular weight excluding hydrogens is 212 g/mol. The van der Waals surface area contributed by atoms with Gasteiger partial charge in [0.15, 0.2) is 7.38 Å². The maximum atomic E-state index is 6.50. The summed E-state index contributed by atoms with van der Waals surface area (Å²) in [6.07, 6.45) is 5.71. The smallest absolute Gasteiger partial charge is 0.162 e. The molecule has 0 unspecified atom stereocenters. The zero-order valence-electron chi connectivity index (χ0n) is 9.24. The molecule has 0 aromatic heterocycles. The van der Waals surface area contributed by atoms with Gasteiger partial charge in [0, 0.05) is 0 Å². The molecule has 1 rings (SSSR count). The minimum absolute atomic E-state index is 1.11. The molecule has 0 fully saturated rings. The number of hydrogen-bond donors (Lipinski definition) is 0. The van der Waals surface area contributed by atoms with Gasteiger partial charge in [-0.3, -0.25) is 0 Å². The Kier molecular flexibility index (Phi) is 2.96. The van der Waals surface area contributed by atoms with Gasteiger partial charge in [-0.15, -0.1) is 0 Å². The average Bonchev–Trinajstić information content (AvgIpc) is 2.27. The van der Waals surface area contributed by atoms with Gasteiger partial charge in [0.1, 0.15) is 0 Å². The van der Waals surface area contributed by atoms with E-state index in [0.717, 1.165) is 6.42 Å². The van der Waals surface area contributed by atoms with Crippen LogP contribution in [0.1, 0.15) is 6.42 Å². The molecule has 0 aromatic rings. The monoisotopic (exact) mass is 230 g/mol. The lowest BCUT2D eigenvalue weighted by atomic mass is 10.5. The van der Waals surface area contributed by atoms with Gasteiger partial charge in [0.05, 0.1) is 8.07 Å². The van der Waals surface area contributed by atoms with E-state index in [0.29, 0.717) is 0 Å². The summed E-state index contributed by atoms with van der Waals surface area (Å²) in [5.74, 6) is 0. The van der Waals surface area contributed by atoms with Crippen molar-refractivity contribution in [1.29, 1.82) is 0 Å². The van der Waals surface area contributed by atoms with Gasteiger partial charge in [-0.25, -0.2) is 0 Å². The molecule has 1 aliphatic rings. The van der Waals surface area contributed by atoms with Gasteiger partial charge in [0.25, 0.3) is 0 Å². The summed E-state index contributed by atoms with van der Waals surface area (Å²) in [5.41, 5.74) is 0. The molecule has 0 N–H and O–H groups in total. The first kappa shape index (κ1) is 11.3. The zero-order chi connectivity index (χ0) is 10.3. The maximum Gasteiger partial charge on any atom is 0.177 e. The standard InChI is InChI=1S/C10H19ClSi2/c1-12(2,3)9-7-6-8-10(9)13(4,5)11/h6-7H,8H2,1-5H3. The number of allylic oxidation sites excluding steroid dienone is 4. The quantitative estimate of drug-likeness (QED) is 0.495. The summed E-state index contributed by atoms with van der Waals surface area (Å²) in [6, 6.07) is 0. The van der Waals surface area contributed by atoms with E-state index in [1.165, 1.54) is 0 Å². The molecular formula is C10H19ClSi2. The van der Waals surface area contributed by atoms with Crippen LogP contribution in [0.3, 0.4) is 0 Å². The van der Waals surface area contributed by atoms with Gasteiger partial charge in [-0.05, 0) is 6.42 Å². The van der Waals surface area contributed by atoms with Gasteiger partial charge in [-0.2, -0.15) is 11.1 Å². The zero-order valence-corrected chi connectivity index (χ0v) is 12.0. The minimum Gasteiger partial charge on any atom is -0.162 e. The Balaban J connectivity index is 3.10. The molecule has 0 spiro atoms. The third kappa shape index (κ3) is 2.58. The van der Waals surface area contributed by atoms with Crippen molar-refractivity contribution in [3.05, 3.63) is 22.5 Å². The molecule has 13 heavy (non-hydrogen) atoms. The number of halogens is 1. The topological polar surface area (TPSA) is 0 Å². The fourth-order valence-corrected chi connectivity index (χ4v) is 7.56. The second-order valence-corrected chi connectivity index (χ2v) is 16.6. The van der Waals surface area contributed by atoms with Crippen LogP contribution in [0.15, 0.2) is 22.5 Å². The highest BCUT2D eigenvalue weighted by Crippen LogP contribution is 2.35. The average molecular weight is 231 g/mol. The van der Waals surface area contributed by atoms with Crippen molar-refractivity contribution in [3.63, 3.8) is 0 Å². The molecule has 0 heterocycles. The highest BCUT2D eigenvalue weighted by atomic mass is 35.6. The van der Waals surface area contributed by atoms with Crippen molar-refractivity contribution in [2.24, 2.45) is 0 Å². The van der Waals surface area contributed by atoms with E-state index in [2.05, 4.69) is 44.9 Å². The van der Waals surface area contributed by atoms with E-state index < -0.39 is 15.5 Å². The molecule has 0 nitrogen and oxygen atoms in total. The van der Waals surface area contributed by atoms with Crippen molar-refractivity contribution < 1.29 is 0 Å². The molecule has 0 aliphatic heterocycles. The largest absolute Gasteiger partial charge is 0.177 e. The summed E-state index contributed by atoms with van der Waals surface area (Å²) in [6.45, 7) is 11.7. The van der Waals surface area contributed by atoms with Crippen LogP contribution >= 0.6 is 11.1 Å². The Morgan fingerprint density at radius 1 is 1.15 bits per heavy atom. The van der Waals surface area contributed by atoms with Crippen molar-refractivity contribution in [1.82, 2.24) is 0 Å². The van der Waals surface area contributed by atoms with Crippen LogP contribution in [0.5, 0.6) is 0 Å². The fraction of sp³-hybridized carbons (Fsp3) is 0.600. The molecule has 0 aromatic carbocycles. The second kappa shape index (κ2) is 3.41. The Morgan fingerprint density at radius 2 is 1.69 bits per heavy atom. The highest BCUT2D eigenvalue weighted by molar-refractivity contribution is 7.23. The van der Waals surface area contributed by atoms with Gasteiger partial charge in [0.2, 0.25) is 0 Å². The van der Waals surface area contributed by atoms with E-state index in [1.54, 1.807) is 10.4 Å².